The maximum atomic E-state index is 2.57. The van der Waals surface area contributed by atoms with Gasteiger partial charge in [-0.1, -0.05) is 93.9 Å². The second-order valence-corrected chi connectivity index (χ2v) is 14.4. The van der Waals surface area contributed by atoms with Crippen LogP contribution in [0.4, 0.5) is 0 Å². The van der Waals surface area contributed by atoms with E-state index in [2.05, 4.69) is 164 Å². The Bertz CT molecular complexity index is 2530. The summed E-state index contributed by atoms with van der Waals surface area (Å²) < 4.78 is 5.00. The highest BCUT2D eigenvalue weighted by atomic mass is 15.1. The fourth-order valence-electron chi connectivity index (χ4n) is 9.03. The van der Waals surface area contributed by atoms with Crippen molar-refractivity contribution < 1.29 is 9.13 Å². The van der Waals surface area contributed by atoms with Gasteiger partial charge in [0.25, 0.3) is 11.7 Å². The van der Waals surface area contributed by atoms with Crippen molar-refractivity contribution in [1.29, 1.82) is 0 Å². The van der Waals surface area contributed by atoms with Crippen LogP contribution < -0.4 is 9.13 Å². The van der Waals surface area contributed by atoms with Crippen LogP contribution in [-0.4, -0.2) is 0 Å². The predicted molar refractivity (Wildman–Crippen MR) is 198 cm³/mol. The zero-order valence-electron chi connectivity index (χ0n) is 27.8. The van der Waals surface area contributed by atoms with Gasteiger partial charge in [0.2, 0.25) is 11.4 Å². The van der Waals surface area contributed by atoms with Gasteiger partial charge in [0.15, 0.2) is 12.4 Å². The smallest absolute Gasteiger partial charge is 0.180 e. The van der Waals surface area contributed by atoms with Crippen molar-refractivity contribution in [2.75, 3.05) is 0 Å². The van der Waals surface area contributed by atoms with Crippen molar-refractivity contribution >= 4 is 33.3 Å². The van der Waals surface area contributed by atoms with Crippen LogP contribution in [0.1, 0.15) is 67.5 Å². The van der Waals surface area contributed by atoms with Crippen LogP contribution >= 0.6 is 0 Å². The summed E-state index contributed by atoms with van der Waals surface area (Å²) >= 11 is 0. The Labute approximate surface area is 282 Å². The highest BCUT2D eigenvalue weighted by Gasteiger charge is 2.46. The zero-order chi connectivity index (χ0) is 32.1. The van der Waals surface area contributed by atoms with Gasteiger partial charge in [-0.25, -0.2) is 0 Å². The van der Waals surface area contributed by atoms with E-state index in [1.807, 2.05) is 0 Å². The molecule has 3 aliphatic rings. The van der Waals surface area contributed by atoms with Crippen molar-refractivity contribution in [3.63, 3.8) is 0 Å². The Morgan fingerprint density at radius 3 is 2.35 bits per heavy atom. The minimum Gasteiger partial charge on any atom is -0.180 e. The summed E-state index contributed by atoms with van der Waals surface area (Å²) in [7, 11) is 0. The Morgan fingerprint density at radius 2 is 1.46 bits per heavy atom. The van der Waals surface area contributed by atoms with E-state index in [0.29, 0.717) is 0 Å². The normalized spacial score (nSPS) is 16.1. The van der Waals surface area contributed by atoms with Crippen LogP contribution in [0.3, 0.4) is 0 Å². The summed E-state index contributed by atoms with van der Waals surface area (Å²) in [5.41, 5.74) is 15.9. The summed E-state index contributed by atoms with van der Waals surface area (Å²) in [5, 5.41) is 5.27. The van der Waals surface area contributed by atoms with E-state index in [1.54, 1.807) is 0 Å². The van der Waals surface area contributed by atoms with Crippen molar-refractivity contribution in [3.8, 4) is 33.6 Å². The standard InChI is InChI=1S/C46H38N2/c1-4-5-12-29-18-20-32-30(25-29)19-21-37-33(32)22-24-48-44(37)38-28-41-39(34-13-8-9-16-40(34)46(41,2)3)26-31(38)27-43-45(48)36-15-7-6-14-35(36)42-17-10-11-23-47(42)43/h6-11,13-28,45H,4-5,12H2,1-3H3/q+2. The molecule has 1 aliphatic carbocycles. The average Bonchev–Trinajstić information content (AvgIpc) is 3.24. The molecular weight excluding hydrogens is 581 g/mol. The summed E-state index contributed by atoms with van der Waals surface area (Å²) in [4.78, 5) is 0. The molecular formula is C46H38N2+2. The third kappa shape index (κ3) is 3.75. The van der Waals surface area contributed by atoms with Crippen LogP contribution in [0.15, 0.2) is 128 Å². The quantitative estimate of drug-likeness (QED) is 0.138. The first-order chi connectivity index (χ1) is 23.5. The molecule has 1 unspecified atom stereocenters. The van der Waals surface area contributed by atoms with E-state index in [-0.39, 0.29) is 11.5 Å². The molecule has 0 spiro atoms. The maximum Gasteiger partial charge on any atom is 0.268 e. The van der Waals surface area contributed by atoms with E-state index >= 15 is 0 Å². The molecule has 0 bridgehead atoms. The second kappa shape index (κ2) is 10.1. The number of pyridine rings is 2. The van der Waals surface area contributed by atoms with Gasteiger partial charge in [-0.2, -0.15) is 9.13 Å². The molecule has 0 fully saturated rings. The molecule has 4 heterocycles. The van der Waals surface area contributed by atoms with E-state index in [4.69, 9.17) is 0 Å². The number of nitrogens with zero attached hydrogens (tertiary/aromatic N) is 2. The largest absolute Gasteiger partial charge is 0.268 e. The number of hydrogen-bond acceptors (Lipinski definition) is 0. The van der Waals surface area contributed by atoms with Gasteiger partial charge in [0, 0.05) is 40.6 Å². The number of allylic oxidation sites excluding steroid dienone is 1. The molecule has 7 aromatic rings. The lowest BCUT2D eigenvalue weighted by Gasteiger charge is -2.23. The lowest BCUT2D eigenvalue weighted by Crippen LogP contribution is -2.51. The Morgan fingerprint density at radius 1 is 0.646 bits per heavy atom. The maximum absolute atomic E-state index is 2.57. The van der Waals surface area contributed by atoms with Crippen LogP contribution in [0.2, 0.25) is 0 Å². The third-order valence-electron chi connectivity index (χ3n) is 11.4. The summed E-state index contributed by atoms with van der Waals surface area (Å²) in [6.07, 6.45) is 10.7. The first-order valence-electron chi connectivity index (χ1n) is 17.5. The van der Waals surface area contributed by atoms with Gasteiger partial charge < -0.3 is 0 Å². The van der Waals surface area contributed by atoms with Gasteiger partial charge >= 0.3 is 0 Å². The third-order valence-corrected chi connectivity index (χ3v) is 11.4. The Hall–Kier alpha value is -5.34. The first kappa shape index (κ1) is 27.7. The van der Waals surface area contributed by atoms with Crippen LogP contribution in [0, 0.1) is 0 Å². The fourth-order valence-corrected chi connectivity index (χ4v) is 9.03. The van der Waals surface area contributed by atoms with Gasteiger partial charge in [-0.15, -0.1) is 0 Å². The van der Waals surface area contributed by atoms with Gasteiger partial charge in [0.05, 0.1) is 16.5 Å². The lowest BCUT2D eigenvalue weighted by molar-refractivity contribution is -0.714. The number of hydrogen-bond donors (Lipinski definition) is 0. The minimum absolute atomic E-state index is 0.0233. The molecule has 10 rings (SSSR count). The summed E-state index contributed by atoms with van der Waals surface area (Å²) in [6, 6.07) is 43.9. The molecule has 0 radical (unpaired) electrons. The van der Waals surface area contributed by atoms with Gasteiger partial charge in [-0.3, -0.25) is 0 Å². The average molecular weight is 619 g/mol. The molecule has 2 aliphatic heterocycles. The second-order valence-electron chi connectivity index (χ2n) is 14.4. The monoisotopic (exact) mass is 618 g/mol. The van der Waals surface area contributed by atoms with Crippen molar-refractivity contribution in [2.24, 2.45) is 0 Å². The van der Waals surface area contributed by atoms with E-state index < -0.39 is 0 Å². The number of benzene rings is 5. The molecule has 0 saturated carbocycles. The van der Waals surface area contributed by atoms with Gasteiger partial charge in [0.1, 0.15) is 0 Å². The zero-order valence-corrected chi connectivity index (χ0v) is 27.8. The van der Waals surface area contributed by atoms with E-state index in [1.165, 1.54) is 102 Å². The van der Waals surface area contributed by atoms with Gasteiger partial charge in [-0.05, 0) is 87.3 Å². The Kier molecular flexibility index (Phi) is 5.83. The predicted octanol–water partition coefficient (Wildman–Crippen LogP) is 10.5. The molecule has 0 saturated heterocycles. The minimum atomic E-state index is -0.0852. The highest BCUT2D eigenvalue weighted by molar-refractivity contribution is 6.11. The lowest BCUT2D eigenvalue weighted by atomic mass is 9.81. The van der Waals surface area contributed by atoms with E-state index in [9.17, 15) is 0 Å². The summed E-state index contributed by atoms with van der Waals surface area (Å²) in [6.45, 7) is 7.05. The van der Waals surface area contributed by atoms with Crippen LogP contribution in [0.5, 0.6) is 0 Å². The number of aryl methyl sites for hydroxylation is 1. The van der Waals surface area contributed by atoms with Crippen molar-refractivity contribution in [2.45, 2.75) is 51.5 Å². The molecule has 0 amide bonds. The molecule has 2 nitrogen and oxygen atoms in total. The number of aromatic nitrogens is 2. The van der Waals surface area contributed by atoms with Crippen molar-refractivity contribution in [3.05, 3.63) is 155 Å². The molecule has 2 aromatic heterocycles. The fraction of sp³-hybridized carbons (Fsp3) is 0.174. The number of rotatable bonds is 3. The Balaban J connectivity index is 1.32. The molecule has 1 atom stereocenters. The molecule has 230 valence electrons. The molecule has 5 aromatic carbocycles. The topological polar surface area (TPSA) is 7.76 Å². The first-order valence-corrected chi connectivity index (χ1v) is 17.5. The molecule has 0 N–H and O–H groups in total. The van der Waals surface area contributed by atoms with E-state index in [0.717, 1.165) is 6.42 Å². The summed E-state index contributed by atoms with van der Waals surface area (Å²) in [5.74, 6) is 0. The van der Waals surface area contributed by atoms with Crippen LogP contribution in [0.25, 0.3) is 67.0 Å². The highest BCUT2D eigenvalue weighted by Crippen LogP contribution is 2.52. The molecule has 48 heavy (non-hydrogen) atoms. The van der Waals surface area contributed by atoms with Crippen molar-refractivity contribution in [1.82, 2.24) is 0 Å². The SMILES string of the molecule is CCCCc1ccc2c(ccc3c4[n+](ccc32)C2C(=Cc3cc5c(cc3-4)C(C)(C)c3ccccc3-5)[n+]3ccccc3-c3ccccc32)c1. The molecule has 2 heteroatoms. The number of unbranched alkanes of at least 4 members (excludes halogenated alkanes) is 1. The van der Waals surface area contributed by atoms with Crippen LogP contribution in [-0.2, 0) is 11.8 Å². The number of fused-ring (bicyclic) bond motifs is 17.